The second kappa shape index (κ2) is 13.2. The molecule has 0 aliphatic heterocycles. The van der Waals surface area contributed by atoms with Crippen LogP contribution >= 0.6 is 23.4 Å². The third-order valence-corrected chi connectivity index (χ3v) is 6.56. The highest BCUT2D eigenvalue weighted by molar-refractivity contribution is 7.99. The van der Waals surface area contributed by atoms with Gasteiger partial charge < -0.3 is 10.2 Å². The fourth-order valence-electron chi connectivity index (χ4n) is 3.64. The summed E-state index contributed by atoms with van der Waals surface area (Å²) >= 11 is 7.71. The molecular formula is C28H31ClN2O2S. The van der Waals surface area contributed by atoms with E-state index in [0.29, 0.717) is 30.2 Å². The van der Waals surface area contributed by atoms with E-state index in [0.717, 1.165) is 16.0 Å². The molecule has 0 aliphatic rings. The standard InChI is InChI=1S/C28H31ClN2O2S/c1-21(2)30-28(33)26(19-22-9-5-3-6-10-22)31(20-23-13-15-24(29)16-14-23)27(32)17-18-34-25-11-7-4-8-12-25/h3-16,21,26H,17-20H2,1-2H3,(H,30,33)/t26-/m1/s1. The molecule has 34 heavy (non-hydrogen) atoms. The Hall–Kier alpha value is -2.76. The number of nitrogens with one attached hydrogen (secondary N) is 1. The van der Waals surface area contributed by atoms with Crippen molar-refractivity contribution in [3.8, 4) is 0 Å². The van der Waals surface area contributed by atoms with E-state index in [1.165, 1.54) is 0 Å². The van der Waals surface area contributed by atoms with Crippen molar-refractivity contribution in [1.29, 1.82) is 0 Å². The van der Waals surface area contributed by atoms with Gasteiger partial charge in [-0.3, -0.25) is 9.59 Å². The van der Waals surface area contributed by atoms with Crippen molar-refractivity contribution in [2.75, 3.05) is 5.75 Å². The Kier molecular flexibility index (Phi) is 10.0. The van der Waals surface area contributed by atoms with Gasteiger partial charge in [0.15, 0.2) is 0 Å². The Bertz CT molecular complexity index is 1040. The summed E-state index contributed by atoms with van der Waals surface area (Å²) in [7, 11) is 0. The molecule has 0 saturated carbocycles. The second-order valence-electron chi connectivity index (χ2n) is 8.43. The summed E-state index contributed by atoms with van der Waals surface area (Å²) in [6, 6.07) is 26.7. The van der Waals surface area contributed by atoms with Crippen LogP contribution in [0.5, 0.6) is 0 Å². The van der Waals surface area contributed by atoms with Gasteiger partial charge in [-0.15, -0.1) is 11.8 Å². The topological polar surface area (TPSA) is 49.4 Å². The summed E-state index contributed by atoms with van der Waals surface area (Å²) in [6.07, 6.45) is 0.790. The van der Waals surface area contributed by atoms with Crippen LogP contribution in [0.2, 0.25) is 5.02 Å². The monoisotopic (exact) mass is 494 g/mol. The number of rotatable bonds is 11. The minimum Gasteiger partial charge on any atom is -0.352 e. The van der Waals surface area contributed by atoms with E-state index in [1.54, 1.807) is 16.7 Å². The summed E-state index contributed by atoms with van der Waals surface area (Å²) < 4.78 is 0. The average Bonchev–Trinajstić information content (AvgIpc) is 2.83. The van der Waals surface area contributed by atoms with Crippen molar-refractivity contribution in [3.63, 3.8) is 0 Å². The highest BCUT2D eigenvalue weighted by atomic mass is 35.5. The van der Waals surface area contributed by atoms with E-state index in [-0.39, 0.29) is 17.9 Å². The molecule has 178 valence electrons. The van der Waals surface area contributed by atoms with Crippen molar-refractivity contribution in [1.82, 2.24) is 10.2 Å². The third-order valence-electron chi connectivity index (χ3n) is 5.30. The average molecular weight is 495 g/mol. The number of hydrogen-bond acceptors (Lipinski definition) is 3. The van der Waals surface area contributed by atoms with E-state index in [1.807, 2.05) is 98.8 Å². The molecule has 6 heteroatoms. The molecule has 3 aromatic rings. The van der Waals surface area contributed by atoms with Crippen LogP contribution in [-0.2, 0) is 22.6 Å². The summed E-state index contributed by atoms with van der Waals surface area (Å²) in [6.45, 7) is 4.20. The van der Waals surface area contributed by atoms with Crippen LogP contribution < -0.4 is 5.32 Å². The fraction of sp³-hybridized carbons (Fsp3) is 0.286. The molecule has 0 fully saturated rings. The molecule has 0 bridgehead atoms. The van der Waals surface area contributed by atoms with Gasteiger partial charge in [0.2, 0.25) is 11.8 Å². The highest BCUT2D eigenvalue weighted by Crippen LogP contribution is 2.21. The van der Waals surface area contributed by atoms with Crippen molar-refractivity contribution < 1.29 is 9.59 Å². The summed E-state index contributed by atoms with van der Waals surface area (Å²) in [5, 5.41) is 3.65. The maximum atomic E-state index is 13.5. The lowest BCUT2D eigenvalue weighted by molar-refractivity contribution is -0.141. The van der Waals surface area contributed by atoms with Crippen molar-refractivity contribution in [2.45, 2.75) is 50.2 Å². The SMILES string of the molecule is CC(C)NC(=O)[C@@H](Cc1ccccc1)N(Cc1ccc(Cl)cc1)C(=O)CCSc1ccccc1. The van der Waals surface area contributed by atoms with Gasteiger partial charge in [-0.05, 0) is 49.2 Å². The molecule has 0 heterocycles. The quantitative estimate of drug-likeness (QED) is 0.333. The molecule has 2 amide bonds. The first-order valence-electron chi connectivity index (χ1n) is 11.5. The minimum absolute atomic E-state index is 0.0214. The molecule has 0 aliphatic carbocycles. The third kappa shape index (κ3) is 8.23. The molecule has 0 radical (unpaired) electrons. The zero-order chi connectivity index (χ0) is 24.3. The number of carbonyl (C=O) groups is 2. The Balaban J connectivity index is 1.84. The van der Waals surface area contributed by atoms with Crippen LogP contribution in [0.1, 0.15) is 31.4 Å². The lowest BCUT2D eigenvalue weighted by Crippen LogP contribution is -2.51. The van der Waals surface area contributed by atoms with Crippen LogP contribution in [-0.4, -0.2) is 34.6 Å². The van der Waals surface area contributed by atoms with Crippen molar-refractivity contribution in [3.05, 3.63) is 101 Å². The van der Waals surface area contributed by atoms with Crippen LogP contribution in [0.4, 0.5) is 0 Å². The van der Waals surface area contributed by atoms with Gasteiger partial charge in [-0.1, -0.05) is 72.3 Å². The van der Waals surface area contributed by atoms with Gasteiger partial charge in [0, 0.05) is 41.1 Å². The maximum absolute atomic E-state index is 13.5. The molecule has 0 unspecified atom stereocenters. The highest BCUT2D eigenvalue weighted by Gasteiger charge is 2.30. The predicted octanol–water partition coefficient (Wildman–Crippen LogP) is 5.99. The van der Waals surface area contributed by atoms with Crippen LogP contribution in [0.3, 0.4) is 0 Å². The largest absolute Gasteiger partial charge is 0.352 e. The summed E-state index contributed by atoms with van der Waals surface area (Å²) in [5.41, 5.74) is 1.95. The summed E-state index contributed by atoms with van der Waals surface area (Å²) in [5.74, 6) is 0.458. The number of thioether (sulfide) groups is 1. The smallest absolute Gasteiger partial charge is 0.243 e. The number of halogens is 1. The number of amides is 2. The first-order chi connectivity index (χ1) is 16.4. The molecule has 1 atom stereocenters. The van der Waals surface area contributed by atoms with E-state index in [9.17, 15) is 9.59 Å². The van der Waals surface area contributed by atoms with Gasteiger partial charge in [-0.25, -0.2) is 0 Å². The number of benzene rings is 3. The van der Waals surface area contributed by atoms with E-state index < -0.39 is 6.04 Å². The lowest BCUT2D eigenvalue weighted by atomic mass is 10.0. The minimum atomic E-state index is -0.616. The van der Waals surface area contributed by atoms with E-state index in [4.69, 9.17) is 11.6 Å². The van der Waals surface area contributed by atoms with Crippen molar-refractivity contribution >= 4 is 35.2 Å². The zero-order valence-electron chi connectivity index (χ0n) is 19.6. The Morgan fingerprint density at radius 3 is 2.12 bits per heavy atom. The first-order valence-corrected chi connectivity index (χ1v) is 12.8. The Labute approximate surface area is 211 Å². The predicted molar refractivity (Wildman–Crippen MR) is 141 cm³/mol. The Morgan fingerprint density at radius 1 is 0.882 bits per heavy atom. The normalized spacial score (nSPS) is 11.8. The van der Waals surface area contributed by atoms with Gasteiger partial charge in [0.25, 0.3) is 0 Å². The molecule has 1 N–H and O–H groups in total. The number of nitrogens with zero attached hydrogens (tertiary/aromatic N) is 1. The molecular weight excluding hydrogens is 464 g/mol. The molecule has 3 rings (SSSR count). The van der Waals surface area contributed by atoms with Crippen LogP contribution in [0.15, 0.2) is 89.8 Å². The second-order valence-corrected chi connectivity index (χ2v) is 10.0. The molecule has 0 saturated heterocycles. The Morgan fingerprint density at radius 2 is 1.50 bits per heavy atom. The molecule has 0 aromatic heterocycles. The van der Waals surface area contributed by atoms with Crippen molar-refractivity contribution in [2.24, 2.45) is 0 Å². The number of hydrogen-bond donors (Lipinski definition) is 1. The number of carbonyl (C=O) groups excluding carboxylic acids is 2. The van der Waals surface area contributed by atoms with Crippen LogP contribution in [0, 0.1) is 0 Å². The zero-order valence-corrected chi connectivity index (χ0v) is 21.2. The van der Waals surface area contributed by atoms with Crippen LogP contribution in [0.25, 0.3) is 0 Å². The maximum Gasteiger partial charge on any atom is 0.243 e. The van der Waals surface area contributed by atoms with Gasteiger partial charge in [-0.2, -0.15) is 0 Å². The summed E-state index contributed by atoms with van der Waals surface area (Å²) in [4.78, 5) is 29.7. The van der Waals surface area contributed by atoms with E-state index in [2.05, 4.69) is 5.32 Å². The fourth-order valence-corrected chi connectivity index (χ4v) is 4.63. The molecule has 0 spiro atoms. The first kappa shape index (κ1) is 25.9. The lowest BCUT2D eigenvalue weighted by Gasteiger charge is -2.32. The van der Waals surface area contributed by atoms with Gasteiger partial charge in [0.1, 0.15) is 6.04 Å². The van der Waals surface area contributed by atoms with E-state index >= 15 is 0 Å². The van der Waals surface area contributed by atoms with Gasteiger partial charge >= 0.3 is 0 Å². The van der Waals surface area contributed by atoms with Gasteiger partial charge in [0.05, 0.1) is 0 Å². The molecule has 4 nitrogen and oxygen atoms in total. The molecule has 3 aromatic carbocycles.